The zero-order valence-electron chi connectivity index (χ0n) is 12.7. The molecule has 0 saturated carbocycles. The molecule has 8 nitrogen and oxygen atoms in total. The summed E-state index contributed by atoms with van der Waals surface area (Å²) < 4.78 is 19.5. The van der Waals surface area contributed by atoms with E-state index in [1.807, 2.05) is 0 Å². The number of rotatable bonds is 5. The van der Waals surface area contributed by atoms with Crippen molar-refractivity contribution in [3.63, 3.8) is 0 Å². The average Bonchev–Trinajstić information content (AvgIpc) is 2.96. The number of aromatic nitrogens is 2. The number of non-ortho nitro benzene ring substituents is 1. The van der Waals surface area contributed by atoms with Crippen molar-refractivity contribution < 1.29 is 18.8 Å². The van der Waals surface area contributed by atoms with E-state index in [9.17, 15) is 24.4 Å². The molecule has 0 aliphatic carbocycles. The Morgan fingerprint density at radius 2 is 1.92 bits per heavy atom. The first-order valence-corrected chi connectivity index (χ1v) is 7.21. The number of hydrogen-bond donors (Lipinski definition) is 1. The maximum atomic E-state index is 13.7. The van der Waals surface area contributed by atoms with Crippen molar-refractivity contribution in [1.82, 2.24) is 9.78 Å². The molecule has 9 heteroatoms. The summed E-state index contributed by atoms with van der Waals surface area (Å²) in [5.41, 5.74) is 0.289. The molecule has 0 fully saturated rings. The molecule has 1 N–H and O–H groups in total. The van der Waals surface area contributed by atoms with Crippen molar-refractivity contribution in [2.75, 3.05) is 0 Å². The summed E-state index contributed by atoms with van der Waals surface area (Å²) in [5, 5.41) is 24.7. The third-order valence-corrected chi connectivity index (χ3v) is 3.54. The van der Waals surface area contributed by atoms with Crippen LogP contribution >= 0.6 is 0 Å². The molecule has 25 heavy (non-hydrogen) atoms. The molecule has 0 amide bonds. The second kappa shape index (κ2) is 6.65. The lowest BCUT2D eigenvalue weighted by Crippen LogP contribution is -2.20. The second-order valence-electron chi connectivity index (χ2n) is 5.20. The van der Waals surface area contributed by atoms with E-state index in [-0.39, 0.29) is 23.7 Å². The molecule has 0 saturated heterocycles. The zero-order chi connectivity index (χ0) is 18.0. The van der Waals surface area contributed by atoms with Crippen molar-refractivity contribution in [1.29, 1.82) is 0 Å². The van der Waals surface area contributed by atoms with Crippen LogP contribution in [0.1, 0.15) is 11.7 Å². The number of benzene rings is 2. The maximum absolute atomic E-state index is 13.7. The molecule has 1 aromatic heterocycles. The third-order valence-electron chi connectivity index (χ3n) is 3.54. The van der Waals surface area contributed by atoms with Gasteiger partial charge in [-0.3, -0.25) is 10.1 Å². The van der Waals surface area contributed by atoms with Gasteiger partial charge in [0, 0.05) is 23.3 Å². The summed E-state index contributed by atoms with van der Waals surface area (Å²) in [6.45, 7) is -0.295. The predicted molar refractivity (Wildman–Crippen MR) is 84.2 cm³/mol. The van der Waals surface area contributed by atoms with Crippen LogP contribution in [0.5, 0.6) is 0 Å². The van der Waals surface area contributed by atoms with Gasteiger partial charge < -0.3 is 9.52 Å². The molecule has 1 unspecified atom stereocenters. The Labute approximate surface area is 139 Å². The highest BCUT2D eigenvalue weighted by Crippen LogP contribution is 2.21. The standard InChI is InChI=1S/C16H12FN3O5/c17-13-4-2-1-3-12(13)14(21)9-19-16(22)25-15(18-19)10-5-7-11(8-6-10)20(23)24/h1-8,14,21H,9H2. The molecular weight excluding hydrogens is 333 g/mol. The van der Waals surface area contributed by atoms with Gasteiger partial charge >= 0.3 is 5.76 Å². The molecule has 1 atom stereocenters. The van der Waals surface area contributed by atoms with Gasteiger partial charge in [0.05, 0.1) is 11.5 Å². The molecule has 0 aliphatic rings. The summed E-state index contributed by atoms with van der Waals surface area (Å²) >= 11 is 0. The van der Waals surface area contributed by atoms with Crippen LogP contribution in [-0.4, -0.2) is 19.8 Å². The van der Waals surface area contributed by atoms with Crippen LogP contribution in [-0.2, 0) is 6.54 Å². The van der Waals surface area contributed by atoms with E-state index in [0.717, 1.165) is 4.68 Å². The van der Waals surface area contributed by atoms with Crippen LogP contribution in [0, 0.1) is 15.9 Å². The van der Waals surface area contributed by atoms with Gasteiger partial charge in [0.15, 0.2) is 0 Å². The molecule has 1 heterocycles. The number of nitro groups is 1. The van der Waals surface area contributed by atoms with E-state index in [1.165, 1.54) is 42.5 Å². The highest BCUT2D eigenvalue weighted by atomic mass is 19.1. The minimum atomic E-state index is -1.28. The molecule has 0 spiro atoms. The fourth-order valence-corrected chi connectivity index (χ4v) is 2.27. The lowest BCUT2D eigenvalue weighted by molar-refractivity contribution is -0.384. The Morgan fingerprint density at radius 3 is 2.56 bits per heavy atom. The Bertz CT molecular complexity index is 964. The van der Waals surface area contributed by atoms with Gasteiger partial charge in [0.25, 0.3) is 5.69 Å². The fraction of sp³-hybridized carbons (Fsp3) is 0.125. The molecule has 0 aliphatic heterocycles. The SMILES string of the molecule is O=c1oc(-c2ccc([N+](=O)[O-])cc2)nn1CC(O)c1ccccc1F. The number of aliphatic hydroxyl groups is 1. The topological polar surface area (TPSA) is 111 Å². The average molecular weight is 345 g/mol. The summed E-state index contributed by atoms with van der Waals surface area (Å²) in [5.74, 6) is -1.48. The van der Waals surface area contributed by atoms with E-state index in [0.29, 0.717) is 5.56 Å². The number of halogens is 1. The van der Waals surface area contributed by atoms with E-state index in [1.54, 1.807) is 6.07 Å². The second-order valence-corrected chi connectivity index (χ2v) is 5.20. The van der Waals surface area contributed by atoms with Crippen molar-refractivity contribution >= 4 is 5.69 Å². The summed E-state index contributed by atoms with van der Waals surface area (Å²) in [6.07, 6.45) is -1.28. The van der Waals surface area contributed by atoms with E-state index < -0.39 is 22.6 Å². The van der Waals surface area contributed by atoms with E-state index in [2.05, 4.69) is 5.10 Å². The number of hydrogen-bond acceptors (Lipinski definition) is 6. The molecule has 0 radical (unpaired) electrons. The molecular formula is C16H12FN3O5. The van der Waals surface area contributed by atoms with Crippen molar-refractivity contribution in [2.45, 2.75) is 12.6 Å². The quantitative estimate of drug-likeness (QED) is 0.561. The van der Waals surface area contributed by atoms with Crippen LogP contribution in [0.15, 0.2) is 57.7 Å². The number of nitro benzene ring substituents is 1. The normalized spacial score (nSPS) is 12.1. The van der Waals surface area contributed by atoms with Crippen molar-refractivity contribution in [3.05, 3.63) is 80.6 Å². The molecule has 128 valence electrons. The van der Waals surface area contributed by atoms with Gasteiger partial charge in [-0.2, -0.15) is 4.68 Å². The van der Waals surface area contributed by atoms with Crippen LogP contribution in [0.2, 0.25) is 0 Å². The lowest BCUT2D eigenvalue weighted by atomic mass is 10.1. The maximum Gasteiger partial charge on any atom is 0.437 e. The van der Waals surface area contributed by atoms with Gasteiger partial charge in [0.1, 0.15) is 11.9 Å². The van der Waals surface area contributed by atoms with E-state index in [4.69, 9.17) is 4.42 Å². The van der Waals surface area contributed by atoms with Crippen molar-refractivity contribution in [3.8, 4) is 11.5 Å². The summed E-state index contributed by atoms with van der Waals surface area (Å²) in [6, 6.07) is 10.9. The molecule has 3 aromatic rings. The minimum Gasteiger partial charge on any atom is -0.388 e. The smallest absolute Gasteiger partial charge is 0.388 e. The van der Waals surface area contributed by atoms with Gasteiger partial charge in [-0.05, 0) is 18.2 Å². The van der Waals surface area contributed by atoms with Gasteiger partial charge in [-0.15, -0.1) is 5.10 Å². The number of nitrogens with zero attached hydrogens (tertiary/aromatic N) is 3. The Morgan fingerprint density at radius 1 is 1.24 bits per heavy atom. The Kier molecular flexibility index (Phi) is 4.40. The predicted octanol–water partition coefficient (Wildman–Crippen LogP) is 2.28. The number of aliphatic hydroxyl groups excluding tert-OH is 1. The first-order chi connectivity index (χ1) is 12.0. The first-order valence-electron chi connectivity index (χ1n) is 7.21. The van der Waals surface area contributed by atoms with E-state index >= 15 is 0 Å². The summed E-state index contributed by atoms with van der Waals surface area (Å²) in [4.78, 5) is 22.0. The monoisotopic (exact) mass is 345 g/mol. The van der Waals surface area contributed by atoms with Crippen LogP contribution < -0.4 is 5.76 Å². The van der Waals surface area contributed by atoms with Gasteiger partial charge in [-0.1, -0.05) is 18.2 Å². The molecule has 2 aromatic carbocycles. The zero-order valence-corrected chi connectivity index (χ0v) is 12.7. The van der Waals surface area contributed by atoms with Gasteiger partial charge in [-0.25, -0.2) is 9.18 Å². The first kappa shape index (κ1) is 16.5. The minimum absolute atomic E-state index is 0.0364. The Balaban J connectivity index is 1.84. The molecule has 3 rings (SSSR count). The highest BCUT2D eigenvalue weighted by molar-refractivity contribution is 5.55. The Hall–Kier alpha value is -3.33. The van der Waals surface area contributed by atoms with Crippen molar-refractivity contribution in [2.24, 2.45) is 0 Å². The van der Waals surface area contributed by atoms with Crippen LogP contribution in [0.4, 0.5) is 10.1 Å². The highest BCUT2D eigenvalue weighted by Gasteiger charge is 2.18. The lowest BCUT2D eigenvalue weighted by Gasteiger charge is -2.10. The van der Waals surface area contributed by atoms with Crippen LogP contribution in [0.3, 0.4) is 0 Å². The fourth-order valence-electron chi connectivity index (χ4n) is 2.27. The summed E-state index contributed by atoms with van der Waals surface area (Å²) in [7, 11) is 0. The van der Waals surface area contributed by atoms with Gasteiger partial charge in [0.2, 0.25) is 5.89 Å². The van der Waals surface area contributed by atoms with Crippen LogP contribution in [0.25, 0.3) is 11.5 Å². The third kappa shape index (κ3) is 3.45. The largest absolute Gasteiger partial charge is 0.437 e. The molecule has 0 bridgehead atoms.